The van der Waals surface area contributed by atoms with Gasteiger partial charge in [-0.3, -0.25) is 0 Å². The molecule has 3 aliphatic rings. The van der Waals surface area contributed by atoms with Crippen LogP contribution in [0.4, 0.5) is 14.5 Å². The van der Waals surface area contributed by atoms with Gasteiger partial charge in [-0.05, 0) is 86.3 Å². The second kappa shape index (κ2) is 8.67. The highest BCUT2D eigenvalue weighted by molar-refractivity contribution is 5.68. The van der Waals surface area contributed by atoms with Gasteiger partial charge in [0.1, 0.15) is 5.75 Å². The number of anilines is 1. The lowest BCUT2D eigenvalue weighted by Crippen LogP contribution is -2.47. The number of rotatable bonds is 8. The molecule has 2 aromatic carbocycles. The Labute approximate surface area is 198 Å². The summed E-state index contributed by atoms with van der Waals surface area (Å²) < 4.78 is 37.6. The summed E-state index contributed by atoms with van der Waals surface area (Å²) in [4.78, 5) is 4.09. The van der Waals surface area contributed by atoms with E-state index in [0.29, 0.717) is 12.4 Å². The van der Waals surface area contributed by atoms with Crippen molar-refractivity contribution in [3.05, 3.63) is 60.2 Å². The molecule has 1 aromatic heterocycles. The normalized spacial score (nSPS) is 24.2. The fraction of sp³-hybridized carbons (Fsp3) is 0.481. The van der Waals surface area contributed by atoms with Crippen molar-refractivity contribution in [2.75, 3.05) is 18.5 Å². The first-order valence-corrected chi connectivity index (χ1v) is 12.1. The second-order valence-electron chi connectivity index (χ2n) is 9.98. The summed E-state index contributed by atoms with van der Waals surface area (Å²) in [6, 6.07) is 16.7. The number of fused-ring (bicyclic) bond motifs is 3. The highest BCUT2D eigenvalue weighted by Gasteiger charge is 2.52. The van der Waals surface area contributed by atoms with Crippen molar-refractivity contribution in [1.82, 2.24) is 10.1 Å². The molecule has 0 unspecified atom stereocenters. The topological polar surface area (TPSA) is 60.2 Å². The average Bonchev–Trinajstić information content (AvgIpc) is 3.37. The maximum Gasteiger partial charge on any atom is 0.322 e. The van der Waals surface area contributed by atoms with Crippen LogP contribution in [0.2, 0.25) is 0 Å². The fourth-order valence-corrected chi connectivity index (χ4v) is 5.49. The molecular weight excluding hydrogens is 436 g/mol. The lowest BCUT2D eigenvalue weighted by molar-refractivity contribution is -0.0158. The minimum Gasteiger partial charge on any atom is -0.494 e. The molecule has 0 amide bonds. The van der Waals surface area contributed by atoms with Crippen LogP contribution in [0.25, 0.3) is 11.1 Å². The van der Waals surface area contributed by atoms with Gasteiger partial charge in [-0.1, -0.05) is 29.4 Å². The zero-order chi connectivity index (χ0) is 23.8. The van der Waals surface area contributed by atoms with Gasteiger partial charge in [0, 0.05) is 24.6 Å². The monoisotopic (exact) mass is 467 g/mol. The molecule has 0 spiro atoms. The van der Waals surface area contributed by atoms with Crippen LogP contribution in [0, 0.1) is 5.41 Å². The van der Waals surface area contributed by atoms with Crippen LogP contribution in [0.5, 0.6) is 5.75 Å². The minimum atomic E-state index is -3.10. The molecule has 0 aliphatic heterocycles. The molecule has 3 saturated carbocycles. The molecule has 0 saturated heterocycles. The summed E-state index contributed by atoms with van der Waals surface area (Å²) >= 11 is 0. The standard InChI is InChI=1S/C27H31F2N3O2/c1-3-33-22-9-7-19(8-10-22)20-5-4-6-21(17-20)30-18-26-11-14-27(15-12-26,16-13-26)23-31-24(34-32-23)25(2,28)29/h4-10,17,30H,3,11-16,18H2,1-2H3. The number of halogens is 2. The maximum atomic E-state index is 13.6. The summed E-state index contributed by atoms with van der Waals surface area (Å²) in [5, 5.41) is 7.63. The number of nitrogens with zero attached hydrogens (tertiary/aromatic N) is 2. The Balaban J connectivity index is 1.23. The smallest absolute Gasteiger partial charge is 0.322 e. The van der Waals surface area contributed by atoms with E-state index in [9.17, 15) is 8.78 Å². The number of benzene rings is 2. The Morgan fingerprint density at radius 3 is 2.32 bits per heavy atom. The van der Waals surface area contributed by atoms with E-state index < -0.39 is 11.8 Å². The van der Waals surface area contributed by atoms with E-state index in [1.807, 2.05) is 19.1 Å². The number of alkyl halides is 2. The van der Waals surface area contributed by atoms with Gasteiger partial charge in [-0.15, -0.1) is 0 Å². The van der Waals surface area contributed by atoms with Crippen molar-refractivity contribution >= 4 is 5.69 Å². The molecule has 1 N–H and O–H groups in total. The molecule has 34 heavy (non-hydrogen) atoms. The molecular formula is C27H31F2N3O2. The quantitative estimate of drug-likeness (QED) is 0.388. The predicted octanol–water partition coefficient (Wildman–Crippen LogP) is 6.95. The molecule has 180 valence electrons. The highest BCUT2D eigenvalue weighted by Crippen LogP contribution is 2.57. The van der Waals surface area contributed by atoms with Gasteiger partial charge in [0.25, 0.3) is 5.89 Å². The number of hydrogen-bond acceptors (Lipinski definition) is 5. The van der Waals surface area contributed by atoms with Crippen LogP contribution in [-0.4, -0.2) is 23.3 Å². The Morgan fingerprint density at radius 1 is 1.00 bits per heavy atom. The van der Waals surface area contributed by atoms with Crippen LogP contribution in [0.15, 0.2) is 53.1 Å². The number of hydrogen-bond donors (Lipinski definition) is 1. The summed E-state index contributed by atoms with van der Waals surface area (Å²) in [5.74, 6) is -2.33. The van der Waals surface area contributed by atoms with Crippen LogP contribution in [0.1, 0.15) is 64.1 Å². The molecule has 2 bridgehead atoms. The summed E-state index contributed by atoms with van der Waals surface area (Å²) in [5.41, 5.74) is 3.43. The Bertz CT molecular complexity index is 1110. The van der Waals surface area contributed by atoms with Crippen LogP contribution in [-0.2, 0) is 11.3 Å². The molecule has 6 rings (SSSR count). The lowest BCUT2D eigenvalue weighted by atomic mass is 9.53. The van der Waals surface area contributed by atoms with Crippen molar-refractivity contribution in [1.29, 1.82) is 0 Å². The summed E-state index contributed by atoms with van der Waals surface area (Å²) in [6.45, 7) is 4.34. The van der Waals surface area contributed by atoms with Gasteiger partial charge in [-0.25, -0.2) is 0 Å². The Morgan fingerprint density at radius 2 is 1.71 bits per heavy atom. The molecule has 7 heteroatoms. The second-order valence-corrected chi connectivity index (χ2v) is 9.98. The fourth-order valence-electron chi connectivity index (χ4n) is 5.49. The van der Waals surface area contributed by atoms with Crippen LogP contribution < -0.4 is 10.1 Å². The zero-order valence-corrected chi connectivity index (χ0v) is 19.7. The van der Waals surface area contributed by atoms with E-state index in [2.05, 4.69) is 51.9 Å². The van der Waals surface area contributed by atoms with E-state index in [1.54, 1.807) is 0 Å². The van der Waals surface area contributed by atoms with Crippen LogP contribution in [0.3, 0.4) is 0 Å². The number of aromatic nitrogens is 2. The molecule has 3 fully saturated rings. The van der Waals surface area contributed by atoms with Crippen molar-refractivity contribution in [3.8, 4) is 16.9 Å². The van der Waals surface area contributed by atoms with Crippen LogP contribution >= 0.6 is 0 Å². The molecule has 1 heterocycles. The van der Waals surface area contributed by atoms with Gasteiger partial charge in [0.15, 0.2) is 5.82 Å². The molecule has 0 radical (unpaired) electrons. The van der Waals surface area contributed by atoms with Gasteiger partial charge < -0.3 is 14.6 Å². The van der Waals surface area contributed by atoms with Gasteiger partial charge in [-0.2, -0.15) is 13.8 Å². The van der Waals surface area contributed by atoms with E-state index in [-0.39, 0.29) is 10.8 Å². The third kappa shape index (κ3) is 4.40. The molecule has 3 aliphatic carbocycles. The first-order valence-electron chi connectivity index (χ1n) is 12.1. The third-order valence-electron chi connectivity index (χ3n) is 7.71. The predicted molar refractivity (Wildman–Crippen MR) is 127 cm³/mol. The van der Waals surface area contributed by atoms with Crippen molar-refractivity contribution < 1.29 is 18.0 Å². The van der Waals surface area contributed by atoms with Crippen molar-refractivity contribution in [2.24, 2.45) is 5.41 Å². The SMILES string of the molecule is CCOc1ccc(-c2cccc(NCC34CCC(c5noc(C(C)(F)F)n5)(CC3)CC4)c2)cc1. The van der Waals surface area contributed by atoms with Crippen molar-refractivity contribution in [3.63, 3.8) is 0 Å². The van der Waals surface area contributed by atoms with Crippen molar-refractivity contribution in [2.45, 2.75) is 63.7 Å². The first-order chi connectivity index (χ1) is 16.3. The van der Waals surface area contributed by atoms with Gasteiger partial charge in [0.05, 0.1) is 6.61 Å². The third-order valence-corrected chi connectivity index (χ3v) is 7.71. The van der Waals surface area contributed by atoms with Gasteiger partial charge in [0.2, 0.25) is 0 Å². The largest absolute Gasteiger partial charge is 0.494 e. The van der Waals surface area contributed by atoms with Gasteiger partial charge >= 0.3 is 5.92 Å². The maximum absolute atomic E-state index is 13.6. The van der Waals surface area contributed by atoms with E-state index in [4.69, 9.17) is 9.26 Å². The Hall–Kier alpha value is -2.96. The Kier molecular flexibility index (Phi) is 5.82. The summed E-state index contributed by atoms with van der Waals surface area (Å²) in [6.07, 6.45) is 5.83. The van der Waals surface area contributed by atoms with E-state index >= 15 is 0 Å². The first kappa shape index (κ1) is 22.8. The van der Waals surface area contributed by atoms with E-state index in [0.717, 1.165) is 74.6 Å². The highest BCUT2D eigenvalue weighted by atomic mass is 19.3. The van der Waals surface area contributed by atoms with E-state index in [1.165, 1.54) is 0 Å². The zero-order valence-electron chi connectivity index (χ0n) is 19.7. The summed E-state index contributed by atoms with van der Waals surface area (Å²) in [7, 11) is 0. The average molecular weight is 468 g/mol. The minimum absolute atomic E-state index is 0.220. The number of ether oxygens (including phenoxy) is 1. The molecule has 0 atom stereocenters. The molecule has 5 nitrogen and oxygen atoms in total. The molecule has 3 aromatic rings. The lowest BCUT2D eigenvalue weighted by Gasteiger charge is -2.52. The number of nitrogens with one attached hydrogen (secondary N) is 1.